The lowest BCUT2D eigenvalue weighted by molar-refractivity contribution is -0.164. The molecule has 5 nitrogen and oxygen atoms in total. The number of alkyl halides is 3. The SMILES string of the molecule is CCN(CC(F)(F)F)C(=O)C1CCCN(C(=O)c2ccnc(C)c2)C1. The average Bonchev–Trinajstić information content (AvgIpc) is 2.57. The maximum atomic E-state index is 12.6. The molecular formula is C17H22F3N3O2. The van der Waals surface area contributed by atoms with Crippen molar-refractivity contribution in [2.75, 3.05) is 26.2 Å². The molecule has 1 atom stereocenters. The van der Waals surface area contributed by atoms with Gasteiger partial charge in [-0.1, -0.05) is 0 Å². The van der Waals surface area contributed by atoms with Gasteiger partial charge in [0.25, 0.3) is 5.91 Å². The molecule has 0 saturated carbocycles. The van der Waals surface area contributed by atoms with E-state index in [0.717, 1.165) is 4.90 Å². The highest BCUT2D eigenvalue weighted by Gasteiger charge is 2.36. The molecule has 1 unspecified atom stereocenters. The molecule has 0 bridgehead atoms. The standard InChI is InChI=1S/C17H22F3N3O2/c1-3-22(11-17(18,19)20)16(25)14-5-4-8-23(10-14)15(24)13-6-7-21-12(2)9-13/h6-7,9,14H,3-5,8,10-11H2,1-2H3. The van der Waals surface area contributed by atoms with E-state index in [0.29, 0.717) is 30.6 Å². The number of carbonyl (C=O) groups is 2. The molecule has 2 heterocycles. The summed E-state index contributed by atoms with van der Waals surface area (Å²) in [4.78, 5) is 31.4. The van der Waals surface area contributed by atoms with Gasteiger partial charge in [-0.15, -0.1) is 0 Å². The lowest BCUT2D eigenvalue weighted by atomic mass is 9.95. The zero-order chi connectivity index (χ0) is 18.6. The van der Waals surface area contributed by atoms with Crippen LogP contribution in [-0.2, 0) is 4.79 Å². The molecule has 2 amide bonds. The molecule has 0 N–H and O–H groups in total. The molecule has 1 aliphatic rings. The second-order valence-electron chi connectivity index (χ2n) is 6.24. The molecule has 1 aromatic rings. The third kappa shape index (κ3) is 5.17. The first-order chi connectivity index (χ1) is 11.7. The van der Waals surface area contributed by atoms with Crippen LogP contribution in [0.15, 0.2) is 18.3 Å². The fraction of sp³-hybridized carbons (Fsp3) is 0.588. The summed E-state index contributed by atoms with van der Waals surface area (Å²) < 4.78 is 37.9. The van der Waals surface area contributed by atoms with Crippen molar-refractivity contribution in [2.24, 2.45) is 5.92 Å². The molecule has 1 aromatic heterocycles. The Morgan fingerprint density at radius 1 is 1.40 bits per heavy atom. The average molecular weight is 357 g/mol. The van der Waals surface area contributed by atoms with E-state index in [9.17, 15) is 22.8 Å². The third-order valence-electron chi connectivity index (χ3n) is 4.26. The first kappa shape index (κ1) is 19.2. The van der Waals surface area contributed by atoms with Crippen LogP contribution in [0.5, 0.6) is 0 Å². The Balaban J connectivity index is 2.06. The summed E-state index contributed by atoms with van der Waals surface area (Å²) in [6.45, 7) is 2.68. The molecule has 1 fully saturated rings. The molecule has 0 aromatic carbocycles. The van der Waals surface area contributed by atoms with Gasteiger partial charge in [0.1, 0.15) is 6.54 Å². The predicted molar refractivity (Wildman–Crippen MR) is 85.9 cm³/mol. The number of amides is 2. The van der Waals surface area contributed by atoms with Gasteiger partial charge in [0.2, 0.25) is 5.91 Å². The quantitative estimate of drug-likeness (QED) is 0.832. The summed E-state index contributed by atoms with van der Waals surface area (Å²) in [6, 6.07) is 3.26. The minimum Gasteiger partial charge on any atom is -0.338 e. The number of carbonyl (C=O) groups excluding carboxylic acids is 2. The van der Waals surface area contributed by atoms with E-state index >= 15 is 0 Å². The number of pyridine rings is 1. The highest BCUT2D eigenvalue weighted by atomic mass is 19.4. The number of rotatable bonds is 4. The molecular weight excluding hydrogens is 335 g/mol. The molecule has 25 heavy (non-hydrogen) atoms. The van der Waals surface area contributed by atoms with Gasteiger partial charge in [0, 0.05) is 37.1 Å². The molecule has 0 radical (unpaired) electrons. The van der Waals surface area contributed by atoms with Crippen molar-refractivity contribution in [3.63, 3.8) is 0 Å². The Morgan fingerprint density at radius 2 is 2.12 bits per heavy atom. The summed E-state index contributed by atoms with van der Waals surface area (Å²) in [5.41, 5.74) is 1.18. The van der Waals surface area contributed by atoms with Gasteiger partial charge in [-0.2, -0.15) is 13.2 Å². The van der Waals surface area contributed by atoms with E-state index < -0.39 is 24.5 Å². The normalized spacial score (nSPS) is 18.1. The Hall–Kier alpha value is -2.12. The number of nitrogens with zero attached hydrogens (tertiary/aromatic N) is 3. The van der Waals surface area contributed by atoms with Gasteiger partial charge in [0.15, 0.2) is 0 Å². The van der Waals surface area contributed by atoms with Gasteiger partial charge in [-0.3, -0.25) is 14.6 Å². The molecule has 8 heteroatoms. The van der Waals surface area contributed by atoms with Crippen molar-refractivity contribution in [1.29, 1.82) is 0 Å². The van der Waals surface area contributed by atoms with Gasteiger partial charge < -0.3 is 9.80 Å². The molecule has 2 rings (SSSR count). The topological polar surface area (TPSA) is 53.5 Å². The number of halogens is 3. The van der Waals surface area contributed by atoms with Crippen molar-refractivity contribution in [3.8, 4) is 0 Å². The van der Waals surface area contributed by atoms with Crippen LogP contribution in [0.1, 0.15) is 35.8 Å². The zero-order valence-corrected chi connectivity index (χ0v) is 14.3. The minimum absolute atomic E-state index is 0.00760. The van der Waals surface area contributed by atoms with E-state index in [2.05, 4.69) is 4.98 Å². The number of aryl methyl sites for hydroxylation is 1. The predicted octanol–water partition coefficient (Wildman–Crippen LogP) is 2.65. The largest absolute Gasteiger partial charge is 0.406 e. The van der Waals surface area contributed by atoms with Gasteiger partial charge in [0.05, 0.1) is 5.92 Å². The van der Waals surface area contributed by atoms with Crippen molar-refractivity contribution in [1.82, 2.24) is 14.8 Å². The highest BCUT2D eigenvalue weighted by Crippen LogP contribution is 2.23. The first-order valence-corrected chi connectivity index (χ1v) is 8.28. The van der Waals surface area contributed by atoms with Crippen LogP contribution in [0.25, 0.3) is 0 Å². The maximum absolute atomic E-state index is 12.6. The van der Waals surface area contributed by atoms with Crippen molar-refractivity contribution in [2.45, 2.75) is 32.9 Å². The second kappa shape index (κ2) is 7.84. The van der Waals surface area contributed by atoms with Crippen molar-refractivity contribution < 1.29 is 22.8 Å². The molecule has 1 aliphatic heterocycles. The van der Waals surface area contributed by atoms with Gasteiger partial charge in [-0.25, -0.2) is 0 Å². The number of piperidine rings is 1. The summed E-state index contributed by atoms with van der Waals surface area (Å²) in [5.74, 6) is -1.35. The smallest absolute Gasteiger partial charge is 0.338 e. The van der Waals surface area contributed by atoms with Crippen LogP contribution in [0.3, 0.4) is 0 Å². The lowest BCUT2D eigenvalue weighted by Crippen LogP contribution is -2.48. The van der Waals surface area contributed by atoms with E-state index in [-0.39, 0.29) is 19.0 Å². The minimum atomic E-state index is -4.43. The fourth-order valence-electron chi connectivity index (χ4n) is 3.04. The number of hydrogen-bond donors (Lipinski definition) is 0. The van der Waals surface area contributed by atoms with Crippen molar-refractivity contribution in [3.05, 3.63) is 29.6 Å². The van der Waals surface area contributed by atoms with E-state index in [1.165, 1.54) is 13.1 Å². The Kier molecular flexibility index (Phi) is 6.02. The molecule has 138 valence electrons. The maximum Gasteiger partial charge on any atom is 0.406 e. The Labute approximate surface area is 144 Å². The van der Waals surface area contributed by atoms with Crippen LogP contribution in [0.4, 0.5) is 13.2 Å². The second-order valence-corrected chi connectivity index (χ2v) is 6.24. The lowest BCUT2D eigenvalue weighted by Gasteiger charge is -2.35. The van der Waals surface area contributed by atoms with Crippen LogP contribution in [0, 0.1) is 12.8 Å². The zero-order valence-electron chi connectivity index (χ0n) is 14.3. The number of hydrogen-bond acceptors (Lipinski definition) is 3. The Bertz CT molecular complexity index is 634. The van der Waals surface area contributed by atoms with Gasteiger partial charge >= 0.3 is 6.18 Å². The van der Waals surface area contributed by atoms with Crippen LogP contribution in [-0.4, -0.2) is 59.0 Å². The van der Waals surface area contributed by atoms with Gasteiger partial charge in [-0.05, 0) is 38.8 Å². The third-order valence-corrected chi connectivity index (χ3v) is 4.26. The van der Waals surface area contributed by atoms with Crippen molar-refractivity contribution >= 4 is 11.8 Å². The fourth-order valence-corrected chi connectivity index (χ4v) is 3.04. The number of aromatic nitrogens is 1. The van der Waals surface area contributed by atoms with E-state index in [4.69, 9.17) is 0 Å². The monoisotopic (exact) mass is 357 g/mol. The highest BCUT2D eigenvalue weighted by molar-refractivity contribution is 5.94. The molecule has 0 spiro atoms. The summed E-state index contributed by atoms with van der Waals surface area (Å²) >= 11 is 0. The first-order valence-electron chi connectivity index (χ1n) is 8.28. The van der Waals surface area contributed by atoms with E-state index in [1.54, 1.807) is 24.0 Å². The van der Waals surface area contributed by atoms with Crippen LogP contribution < -0.4 is 0 Å². The summed E-state index contributed by atoms with van der Waals surface area (Å²) in [5, 5.41) is 0. The van der Waals surface area contributed by atoms with Crippen LogP contribution >= 0.6 is 0 Å². The molecule has 1 saturated heterocycles. The summed E-state index contributed by atoms with van der Waals surface area (Å²) in [6.07, 6.45) is -1.80. The summed E-state index contributed by atoms with van der Waals surface area (Å²) in [7, 11) is 0. The Morgan fingerprint density at radius 3 is 2.72 bits per heavy atom. The van der Waals surface area contributed by atoms with Crippen LogP contribution in [0.2, 0.25) is 0 Å². The molecule has 0 aliphatic carbocycles. The number of likely N-dealkylation sites (tertiary alicyclic amines) is 1. The van der Waals surface area contributed by atoms with E-state index in [1.807, 2.05) is 0 Å².